The third-order valence-electron chi connectivity index (χ3n) is 2.44. The van der Waals surface area contributed by atoms with Gasteiger partial charge in [0.05, 0.1) is 18.6 Å². The fraction of sp³-hybridized carbons (Fsp3) is 1.00. The molecule has 3 nitrogen and oxygen atoms in total. The van der Waals surface area contributed by atoms with E-state index < -0.39 is 0 Å². The summed E-state index contributed by atoms with van der Waals surface area (Å²) in [4.78, 5) is 0. The van der Waals surface area contributed by atoms with Gasteiger partial charge in [0.2, 0.25) is 0 Å². The number of nitrogens with one attached hydrogen (secondary N) is 1. The summed E-state index contributed by atoms with van der Waals surface area (Å²) in [6.07, 6.45) is 2.15. The smallest absolute Gasteiger partial charge is 0.0626 e. The Kier molecular flexibility index (Phi) is 6.52. The Hall–Kier alpha value is 0.170. The molecule has 0 aromatic rings. The number of halogens is 1. The maximum Gasteiger partial charge on any atom is 0.0626 e. The average molecular weight is 222 g/mol. The van der Waals surface area contributed by atoms with Crippen LogP contribution in [0.15, 0.2) is 0 Å². The molecule has 0 aliphatic carbocycles. The van der Waals surface area contributed by atoms with Gasteiger partial charge in [0.15, 0.2) is 0 Å². The quantitative estimate of drug-likeness (QED) is 0.519. The molecule has 2 unspecified atom stereocenters. The van der Waals surface area contributed by atoms with Crippen LogP contribution in [0.5, 0.6) is 0 Å². The van der Waals surface area contributed by atoms with Gasteiger partial charge < -0.3 is 14.8 Å². The minimum Gasteiger partial charge on any atom is -0.383 e. The van der Waals surface area contributed by atoms with Crippen LogP contribution in [-0.2, 0) is 9.47 Å². The van der Waals surface area contributed by atoms with Gasteiger partial charge in [-0.15, -0.1) is 11.6 Å². The molecule has 0 bridgehead atoms. The first-order valence-corrected chi connectivity index (χ1v) is 5.68. The molecule has 0 saturated carbocycles. The Morgan fingerprint density at radius 1 is 1.64 bits per heavy atom. The summed E-state index contributed by atoms with van der Waals surface area (Å²) in [6.45, 7) is 4.49. The molecule has 1 fully saturated rings. The molecule has 1 N–H and O–H groups in total. The molecule has 1 aliphatic rings. The second-order valence-corrected chi connectivity index (χ2v) is 4.39. The highest BCUT2D eigenvalue weighted by Gasteiger charge is 2.14. The van der Waals surface area contributed by atoms with E-state index in [1.807, 2.05) is 0 Å². The van der Waals surface area contributed by atoms with Crippen LogP contribution in [0.25, 0.3) is 0 Å². The highest BCUT2D eigenvalue weighted by atomic mass is 35.5. The minimum atomic E-state index is 0.132. The van der Waals surface area contributed by atoms with Crippen molar-refractivity contribution >= 4 is 11.6 Å². The monoisotopic (exact) mass is 221 g/mol. The highest BCUT2D eigenvalue weighted by Crippen LogP contribution is 2.10. The van der Waals surface area contributed by atoms with Gasteiger partial charge in [-0.05, 0) is 25.3 Å². The molecule has 0 radical (unpaired) electrons. The Bertz CT molecular complexity index is 140. The van der Waals surface area contributed by atoms with Crippen molar-refractivity contribution in [2.24, 2.45) is 5.92 Å². The van der Waals surface area contributed by atoms with E-state index in [0.717, 1.165) is 32.7 Å². The molecule has 1 rings (SSSR count). The van der Waals surface area contributed by atoms with Crippen LogP contribution in [0, 0.1) is 5.92 Å². The highest BCUT2D eigenvalue weighted by molar-refractivity contribution is 6.20. The van der Waals surface area contributed by atoms with Gasteiger partial charge in [0.1, 0.15) is 0 Å². The van der Waals surface area contributed by atoms with Crippen LogP contribution in [0.1, 0.15) is 12.8 Å². The Morgan fingerprint density at radius 3 is 3.14 bits per heavy atom. The van der Waals surface area contributed by atoms with Crippen molar-refractivity contribution in [2.75, 3.05) is 40.0 Å². The Balaban J connectivity index is 1.88. The van der Waals surface area contributed by atoms with Crippen molar-refractivity contribution in [1.82, 2.24) is 5.32 Å². The molecule has 0 amide bonds. The van der Waals surface area contributed by atoms with E-state index in [1.165, 1.54) is 6.42 Å². The van der Waals surface area contributed by atoms with E-state index in [4.69, 9.17) is 21.1 Å². The molecule has 0 aromatic heterocycles. The van der Waals surface area contributed by atoms with Crippen molar-refractivity contribution in [3.63, 3.8) is 0 Å². The van der Waals surface area contributed by atoms with Crippen LogP contribution in [0.4, 0.5) is 0 Å². The lowest BCUT2D eigenvalue weighted by Gasteiger charge is -2.11. The van der Waals surface area contributed by atoms with Gasteiger partial charge in [0, 0.05) is 20.3 Å². The van der Waals surface area contributed by atoms with Crippen LogP contribution in [0.2, 0.25) is 0 Å². The third-order valence-corrected chi connectivity index (χ3v) is 2.78. The molecule has 1 saturated heterocycles. The third kappa shape index (κ3) is 5.15. The summed E-state index contributed by atoms with van der Waals surface area (Å²) in [7, 11) is 1.68. The lowest BCUT2D eigenvalue weighted by molar-refractivity contribution is 0.184. The van der Waals surface area contributed by atoms with Crippen LogP contribution >= 0.6 is 11.6 Å². The van der Waals surface area contributed by atoms with Gasteiger partial charge >= 0.3 is 0 Å². The summed E-state index contributed by atoms with van der Waals surface area (Å²) in [5.74, 6) is 0.700. The fourth-order valence-corrected chi connectivity index (χ4v) is 1.81. The summed E-state index contributed by atoms with van der Waals surface area (Å²) < 4.78 is 10.2. The number of hydrogen-bond acceptors (Lipinski definition) is 3. The molecular formula is C10H20ClNO2. The largest absolute Gasteiger partial charge is 0.383 e. The van der Waals surface area contributed by atoms with Crippen LogP contribution in [0.3, 0.4) is 0 Å². The molecule has 84 valence electrons. The van der Waals surface area contributed by atoms with Crippen molar-refractivity contribution in [3.05, 3.63) is 0 Å². The molecule has 1 heterocycles. The van der Waals surface area contributed by atoms with Gasteiger partial charge in [0.25, 0.3) is 0 Å². The van der Waals surface area contributed by atoms with E-state index in [1.54, 1.807) is 7.11 Å². The minimum absolute atomic E-state index is 0.132. The average Bonchev–Trinajstić information content (AvgIpc) is 2.65. The van der Waals surface area contributed by atoms with Crippen molar-refractivity contribution in [3.8, 4) is 0 Å². The first-order valence-electron chi connectivity index (χ1n) is 5.24. The van der Waals surface area contributed by atoms with E-state index in [9.17, 15) is 0 Å². The summed E-state index contributed by atoms with van der Waals surface area (Å²) in [6, 6.07) is 0. The van der Waals surface area contributed by atoms with Gasteiger partial charge in [-0.2, -0.15) is 0 Å². The fourth-order valence-electron chi connectivity index (χ4n) is 1.57. The van der Waals surface area contributed by atoms with Gasteiger partial charge in [-0.25, -0.2) is 0 Å². The number of alkyl halides is 1. The lowest BCUT2D eigenvalue weighted by Crippen LogP contribution is -2.26. The molecule has 4 heteroatoms. The molecular weight excluding hydrogens is 202 g/mol. The van der Waals surface area contributed by atoms with E-state index in [0.29, 0.717) is 12.5 Å². The second-order valence-electron chi connectivity index (χ2n) is 3.78. The van der Waals surface area contributed by atoms with Gasteiger partial charge in [-0.1, -0.05) is 0 Å². The topological polar surface area (TPSA) is 30.5 Å². The predicted molar refractivity (Wildman–Crippen MR) is 57.9 cm³/mol. The normalized spacial score (nSPS) is 24.0. The summed E-state index contributed by atoms with van der Waals surface area (Å²) >= 11 is 5.99. The lowest BCUT2D eigenvalue weighted by atomic mass is 10.1. The van der Waals surface area contributed by atoms with Crippen molar-refractivity contribution < 1.29 is 9.47 Å². The predicted octanol–water partition coefficient (Wildman–Crippen LogP) is 1.26. The zero-order chi connectivity index (χ0) is 10.2. The van der Waals surface area contributed by atoms with Crippen LogP contribution < -0.4 is 5.32 Å². The van der Waals surface area contributed by atoms with Crippen molar-refractivity contribution in [2.45, 2.75) is 18.2 Å². The van der Waals surface area contributed by atoms with Gasteiger partial charge in [-0.3, -0.25) is 0 Å². The molecule has 1 aliphatic heterocycles. The number of rotatable bonds is 7. The molecule has 0 spiro atoms. The second kappa shape index (κ2) is 7.46. The molecule has 14 heavy (non-hydrogen) atoms. The molecule has 2 atom stereocenters. The first kappa shape index (κ1) is 12.2. The molecule has 0 aromatic carbocycles. The van der Waals surface area contributed by atoms with E-state index in [-0.39, 0.29) is 5.38 Å². The zero-order valence-electron chi connectivity index (χ0n) is 8.80. The summed E-state index contributed by atoms with van der Waals surface area (Å²) in [5, 5.41) is 3.53. The SMILES string of the molecule is COCC(Cl)CCNCC1CCOC1. The van der Waals surface area contributed by atoms with E-state index in [2.05, 4.69) is 5.32 Å². The maximum absolute atomic E-state index is 5.99. The maximum atomic E-state index is 5.99. The first-order chi connectivity index (χ1) is 6.83. The van der Waals surface area contributed by atoms with Crippen LogP contribution in [-0.4, -0.2) is 45.4 Å². The standard InChI is InChI=1S/C10H20ClNO2/c1-13-8-10(11)2-4-12-6-9-3-5-14-7-9/h9-10,12H,2-8H2,1H3. The Morgan fingerprint density at radius 2 is 2.50 bits per heavy atom. The van der Waals surface area contributed by atoms with Crippen molar-refractivity contribution in [1.29, 1.82) is 0 Å². The Labute approximate surface area is 91.1 Å². The number of methoxy groups -OCH3 is 1. The number of ether oxygens (including phenoxy) is 2. The van der Waals surface area contributed by atoms with E-state index >= 15 is 0 Å². The zero-order valence-corrected chi connectivity index (χ0v) is 9.55. The number of hydrogen-bond donors (Lipinski definition) is 1. The summed E-state index contributed by atoms with van der Waals surface area (Å²) in [5.41, 5.74) is 0.